The molecule has 0 saturated heterocycles. The third-order valence-corrected chi connectivity index (χ3v) is 10.2. The van der Waals surface area contributed by atoms with Crippen molar-refractivity contribution in [3.8, 4) is 27.9 Å². The summed E-state index contributed by atoms with van der Waals surface area (Å²) in [7, 11) is 0. The Balaban J connectivity index is 1.42. The average Bonchev–Trinajstić information content (AvgIpc) is 3.63. The fourth-order valence-electron chi connectivity index (χ4n) is 8.54. The van der Waals surface area contributed by atoms with Gasteiger partial charge < -0.3 is 4.57 Å². The summed E-state index contributed by atoms with van der Waals surface area (Å²) in [6, 6.07) is 56.4. The largest absolute Gasteiger partial charge is 0.309 e. The lowest BCUT2D eigenvalue weighted by Crippen LogP contribution is -1.96. The monoisotopic (exact) mass is 567 g/mol. The van der Waals surface area contributed by atoms with Crippen molar-refractivity contribution in [3.05, 3.63) is 152 Å². The molecule has 45 heavy (non-hydrogen) atoms. The van der Waals surface area contributed by atoms with Crippen molar-refractivity contribution in [2.45, 2.75) is 0 Å². The lowest BCUT2D eigenvalue weighted by Gasteiger charge is -2.17. The van der Waals surface area contributed by atoms with Crippen molar-refractivity contribution in [1.82, 2.24) is 4.57 Å². The van der Waals surface area contributed by atoms with Gasteiger partial charge in [-0.2, -0.15) is 0 Å². The Labute approximate surface area is 259 Å². The first-order chi connectivity index (χ1) is 22.4. The SMILES string of the molecule is c1ccc2c(c1)-c1cccc3cc(-n4c5ccccc5c5c6c7ccccc7c7ccccc7c6c6ccccc6c54)cc-2c13. The third kappa shape index (κ3) is 2.89. The van der Waals surface area contributed by atoms with E-state index in [9.17, 15) is 0 Å². The van der Waals surface area contributed by atoms with E-state index >= 15 is 0 Å². The number of fused-ring (bicyclic) bond motifs is 16. The van der Waals surface area contributed by atoms with Gasteiger partial charge in [-0.25, -0.2) is 0 Å². The maximum Gasteiger partial charge on any atom is 0.0626 e. The zero-order valence-corrected chi connectivity index (χ0v) is 24.4. The van der Waals surface area contributed by atoms with E-state index in [-0.39, 0.29) is 0 Å². The highest BCUT2D eigenvalue weighted by atomic mass is 15.0. The number of rotatable bonds is 1. The second kappa shape index (κ2) is 8.37. The lowest BCUT2D eigenvalue weighted by atomic mass is 9.88. The molecule has 0 atom stereocenters. The molecule has 0 spiro atoms. The van der Waals surface area contributed by atoms with Gasteiger partial charge in [0.25, 0.3) is 0 Å². The molecule has 0 bridgehead atoms. The summed E-state index contributed by atoms with van der Waals surface area (Å²) in [6.07, 6.45) is 0. The molecule has 1 aliphatic rings. The Morgan fingerprint density at radius 2 is 0.844 bits per heavy atom. The molecule has 1 aromatic heterocycles. The van der Waals surface area contributed by atoms with Crippen LogP contribution in [0.2, 0.25) is 0 Å². The Morgan fingerprint density at radius 3 is 1.58 bits per heavy atom. The van der Waals surface area contributed by atoms with Crippen molar-refractivity contribution in [2.75, 3.05) is 0 Å². The average molecular weight is 568 g/mol. The van der Waals surface area contributed by atoms with E-state index in [1.54, 1.807) is 0 Å². The second-order valence-electron chi connectivity index (χ2n) is 12.4. The van der Waals surface area contributed by atoms with Gasteiger partial charge in [-0.15, -0.1) is 0 Å². The smallest absolute Gasteiger partial charge is 0.0626 e. The molecular formula is C44H25N. The summed E-state index contributed by atoms with van der Waals surface area (Å²) >= 11 is 0. The van der Waals surface area contributed by atoms with Crippen molar-refractivity contribution in [3.63, 3.8) is 0 Å². The van der Waals surface area contributed by atoms with Gasteiger partial charge >= 0.3 is 0 Å². The van der Waals surface area contributed by atoms with E-state index in [1.807, 2.05) is 0 Å². The summed E-state index contributed by atoms with van der Waals surface area (Å²) in [5, 5.41) is 15.7. The summed E-state index contributed by atoms with van der Waals surface area (Å²) < 4.78 is 2.54. The molecule has 1 heterocycles. The van der Waals surface area contributed by atoms with Crippen LogP contribution in [0, 0.1) is 0 Å². The molecule has 9 aromatic carbocycles. The molecule has 1 nitrogen and oxygen atoms in total. The van der Waals surface area contributed by atoms with Gasteiger partial charge in [0.15, 0.2) is 0 Å². The molecule has 0 fully saturated rings. The van der Waals surface area contributed by atoms with Crippen molar-refractivity contribution in [2.24, 2.45) is 0 Å². The normalized spacial score (nSPS) is 12.4. The molecule has 0 aliphatic heterocycles. The highest BCUT2D eigenvalue weighted by molar-refractivity contribution is 6.42. The van der Waals surface area contributed by atoms with Gasteiger partial charge in [0.05, 0.1) is 11.0 Å². The molecule has 1 aliphatic carbocycles. The number of hydrogen-bond donors (Lipinski definition) is 0. The molecule has 206 valence electrons. The van der Waals surface area contributed by atoms with Crippen molar-refractivity contribution in [1.29, 1.82) is 0 Å². The quantitative estimate of drug-likeness (QED) is 0.174. The maximum absolute atomic E-state index is 2.54. The first-order valence-corrected chi connectivity index (χ1v) is 15.7. The standard InChI is InChI=1S/C44H25N/c1-2-16-31-30(15-1)32-22-11-12-26-24-27(25-38(31)40(26)32)45-39-23-10-9-21-37(39)43-42-34-18-6-4-14-29(34)28-13-3-5-17-33(28)41(42)35-19-7-8-20-36(35)44(43)45/h1-25H. The van der Waals surface area contributed by atoms with E-state index in [2.05, 4.69) is 156 Å². The second-order valence-corrected chi connectivity index (χ2v) is 12.4. The number of para-hydroxylation sites is 1. The van der Waals surface area contributed by atoms with Crippen LogP contribution in [0.5, 0.6) is 0 Å². The number of hydrogen-bond acceptors (Lipinski definition) is 0. The molecule has 0 amide bonds. The van der Waals surface area contributed by atoms with Gasteiger partial charge in [-0.05, 0) is 83.5 Å². The van der Waals surface area contributed by atoms with Crippen LogP contribution in [0.3, 0.4) is 0 Å². The van der Waals surface area contributed by atoms with Gasteiger partial charge in [0.2, 0.25) is 0 Å². The minimum atomic E-state index is 1.20. The van der Waals surface area contributed by atoms with Crippen LogP contribution in [-0.4, -0.2) is 4.57 Å². The Kier molecular flexibility index (Phi) is 4.38. The Bertz CT molecular complexity index is 2920. The minimum absolute atomic E-state index is 1.20. The predicted molar refractivity (Wildman–Crippen MR) is 193 cm³/mol. The number of nitrogens with zero attached hydrogens (tertiary/aromatic N) is 1. The van der Waals surface area contributed by atoms with Crippen LogP contribution in [0.25, 0.3) is 104 Å². The first-order valence-electron chi connectivity index (χ1n) is 15.7. The van der Waals surface area contributed by atoms with Crippen molar-refractivity contribution < 1.29 is 0 Å². The van der Waals surface area contributed by atoms with Crippen molar-refractivity contribution >= 4 is 75.7 Å². The molecule has 11 rings (SSSR count). The van der Waals surface area contributed by atoms with E-state index in [0.29, 0.717) is 0 Å². The van der Waals surface area contributed by atoms with Crippen LogP contribution in [0.15, 0.2) is 152 Å². The first kappa shape index (κ1) is 23.5. The molecule has 0 radical (unpaired) electrons. The topological polar surface area (TPSA) is 4.93 Å². The molecular weight excluding hydrogens is 542 g/mol. The zero-order chi connectivity index (χ0) is 29.2. The van der Waals surface area contributed by atoms with Gasteiger partial charge in [-0.1, -0.05) is 133 Å². The Hall–Kier alpha value is -5.92. The molecule has 0 unspecified atom stereocenters. The van der Waals surface area contributed by atoms with Crippen LogP contribution >= 0.6 is 0 Å². The highest BCUT2D eigenvalue weighted by Gasteiger charge is 2.25. The molecule has 10 aromatic rings. The summed E-state index contributed by atoms with van der Waals surface area (Å²) in [5.74, 6) is 0. The van der Waals surface area contributed by atoms with Gasteiger partial charge in [0.1, 0.15) is 0 Å². The predicted octanol–water partition coefficient (Wildman–Crippen LogP) is 12.2. The van der Waals surface area contributed by atoms with E-state index < -0.39 is 0 Å². The van der Waals surface area contributed by atoms with Gasteiger partial charge in [0, 0.05) is 27.2 Å². The van der Waals surface area contributed by atoms with E-state index in [1.165, 1.54) is 104 Å². The minimum Gasteiger partial charge on any atom is -0.309 e. The summed E-state index contributed by atoms with van der Waals surface area (Å²) in [6.45, 7) is 0. The molecule has 0 saturated carbocycles. The highest BCUT2D eigenvalue weighted by Crippen LogP contribution is 2.51. The fraction of sp³-hybridized carbons (Fsp3) is 0. The number of benzene rings is 9. The number of aromatic nitrogens is 1. The van der Waals surface area contributed by atoms with Crippen LogP contribution in [0.1, 0.15) is 0 Å². The fourth-order valence-corrected chi connectivity index (χ4v) is 8.54. The van der Waals surface area contributed by atoms with Crippen LogP contribution < -0.4 is 0 Å². The molecule has 1 heteroatoms. The van der Waals surface area contributed by atoms with Crippen LogP contribution in [-0.2, 0) is 0 Å². The Morgan fingerprint density at radius 1 is 0.311 bits per heavy atom. The van der Waals surface area contributed by atoms with E-state index in [0.717, 1.165) is 0 Å². The lowest BCUT2D eigenvalue weighted by molar-refractivity contribution is 1.19. The van der Waals surface area contributed by atoms with Crippen LogP contribution in [0.4, 0.5) is 0 Å². The van der Waals surface area contributed by atoms with Gasteiger partial charge in [-0.3, -0.25) is 0 Å². The zero-order valence-electron chi connectivity index (χ0n) is 24.4. The summed E-state index contributed by atoms with van der Waals surface area (Å²) in [4.78, 5) is 0. The summed E-state index contributed by atoms with van der Waals surface area (Å²) in [5.41, 5.74) is 9.01. The van der Waals surface area contributed by atoms with E-state index in [4.69, 9.17) is 0 Å². The third-order valence-electron chi connectivity index (χ3n) is 10.2. The maximum atomic E-state index is 2.54. The molecule has 0 N–H and O–H groups in total.